The molecule has 0 amide bonds. The molecule has 0 unspecified atom stereocenters. The van der Waals surface area contributed by atoms with Crippen molar-refractivity contribution in [2.75, 3.05) is 0 Å². The summed E-state index contributed by atoms with van der Waals surface area (Å²) in [4.78, 5) is 8.41. The van der Waals surface area contributed by atoms with E-state index in [1.165, 1.54) is 0 Å². The van der Waals surface area contributed by atoms with Gasteiger partial charge in [0.05, 0.1) is 6.10 Å². The van der Waals surface area contributed by atoms with E-state index in [2.05, 4.69) is 9.69 Å². The molecule has 0 saturated carbocycles. The van der Waals surface area contributed by atoms with E-state index >= 15 is 0 Å². The first kappa shape index (κ1) is 6.94. The fourth-order valence-electron chi connectivity index (χ4n) is 0.136. The first-order valence-corrected chi connectivity index (χ1v) is 2.05. The monoisotopic (exact) mass is 103 g/mol. The van der Waals surface area contributed by atoms with Crippen LogP contribution in [0, 0.1) is 0 Å². The summed E-state index contributed by atoms with van der Waals surface area (Å²) in [6.07, 6.45) is -0.0107. The van der Waals surface area contributed by atoms with Crippen molar-refractivity contribution in [3.63, 3.8) is 0 Å². The molecule has 7 heavy (non-hydrogen) atoms. The fraction of sp³-hybridized carbons (Fsp3) is 1.00. The largest absolute Gasteiger partial charge is 0.521 e. The van der Waals surface area contributed by atoms with Crippen molar-refractivity contribution in [1.29, 1.82) is 0 Å². The van der Waals surface area contributed by atoms with Gasteiger partial charge in [-0.25, -0.2) is 4.89 Å². The SMILES string of the molecule is CC(C)OO[B]O. The lowest BCUT2D eigenvalue weighted by Crippen LogP contribution is -2.05. The van der Waals surface area contributed by atoms with Crippen LogP contribution in [0.25, 0.3) is 0 Å². The van der Waals surface area contributed by atoms with Crippen molar-refractivity contribution >= 4 is 7.69 Å². The lowest BCUT2D eigenvalue weighted by molar-refractivity contribution is -0.243. The van der Waals surface area contributed by atoms with Crippen molar-refractivity contribution < 1.29 is 14.7 Å². The summed E-state index contributed by atoms with van der Waals surface area (Å²) in [6.45, 7) is 3.59. The Kier molecular flexibility index (Phi) is 4.08. The third kappa shape index (κ3) is 5.94. The van der Waals surface area contributed by atoms with E-state index in [0.717, 1.165) is 0 Å². The van der Waals surface area contributed by atoms with E-state index in [0.29, 0.717) is 7.69 Å². The summed E-state index contributed by atoms with van der Waals surface area (Å²) in [5, 5.41) is 7.84. The van der Waals surface area contributed by atoms with Crippen molar-refractivity contribution in [2.24, 2.45) is 0 Å². The summed E-state index contributed by atoms with van der Waals surface area (Å²) in [5.74, 6) is 0. The highest BCUT2D eigenvalue weighted by Gasteiger charge is 1.91. The van der Waals surface area contributed by atoms with Gasteiger partial charge in [0.25, 0.3) is 0 Å². The summed E-state index contributed by atoms with van der Waals surface area (Å²) in [5.41, 5.74) is 0. The van der Waals surface area contributed by atoms with E-state index in [1.807, 2.05) is 0 Å². The molecular formula is C3H8BO3. The number of hydrogen-bond donors (Lipinski definition) is 1. The van der Waals surface area contributed by atoms with Gasteiger partial charge in [-0.15, -0.1) is 0 Å². The zero-order valence-electron chi connectivity index (χ0n) is 4.42. The molecule has 0 aromatic heterocycles. The Labute approximate surface area is 43.5 Å². The molecule has 1 N–H and O–H groups in total. The maximum atomic E-state index is 7.84. The average Bonchev–Trinajstić information content (AvgIpc) is 1.61. The quantitative estimate of drug-likeness (QED) is 0.307. The van der Waals surface area contributed by atoms with Crippen LogP contribution in [0.15, 0.2) is 0 Å². The number of hydrogen-bond acceptors (Lipinski definition) is 3. The van der Waals surface area contributed by atoms with Crippen LogP contribution in [-0.4, -0.2) is 18.8 Å². The second-order valence-electron chi connectivity index (χ2n) is 1.35. The zero-order valence-corrected chi connectivity index (χ0v) is 4.42. The van der Waals surface area contributed by atoms with Crippen LogP contribution in [0.3, 0.4) is 0 Å². The topological polar surface area (TPSA) is 38.7 Å². The van der Waals surface area contributed by atoms with Crippen LogP contribution in [0.4, 0.5) is 0 Å². The lowest BCUT2D eigenvalue weighted by Gasteiger charge is -2.00. The molecular weight excluding hydrogens is 94.8 g/mol. The van der Waals surface area contributed by atoms with E-state index in [9.17, 15) is 0 Å². The second kappa shape index (κ2) is 4.11. The Morgan fingerprint density at radius 2 is 2.14 bits per heavy atom. The third-order valence-electron chi connectivity index (χ3n) is 0.291. The summed E-state index contributed by atoms with van der Waals surface area (Å²) >= 11 is 0. The molecule has 0 fully saturated rings. The Balaban J connectivity index is 2.68. The predicted octanol–water partition coefficient (Wildman–Crippen LogP) is -0.131. The average molecular weight is 103 g/mol. The molecule has 4 heteroatoms. The van der Waals surface area contributed by atoms with Crippen LogP contribution in [0.2, 0.25) is 0 Å². The van der Waals surface area contributed by atoms with Gasteiger partial charge in [0, 0.05) is 0 Å². The van der Waals surface area contributed by atoms with Gasteiger partial charge in [-0.3, -0.25) is 4.81 Å². The molecule has 0 aromatic rings. The molecule has 3 nitrogen and oxygen atoms in total. The normalized spacial score (nSPS) is 9.71. The Bertz CT molecular complexity index is 39.2. The summed E-state index contributed by atoms with van der Waals surface area (Å²) in [6, 6.07) is 0. The molecule has 0 aliphatic carbocycles. The van der Waals surface area contributed by atoms with Crippen LogP contribution < -0.4 is 0 Å². The van der Waals surface area contributed by atoms with Crippen LogP contribution in [0.5, 0.6) is 0 Å². The lowest BCUT2D eigenvalue weighted by atomic mass is 10.4. The minimum absolute atomic E-state index is 0.0107. The van der Waals surface area contributed by atoms with Crippen LogP contribution >= 0.6 is 0 Å². The molecule has 0 aliphatic rings. The van der Waals surface area contributed by atoms with Crippen molar-refractivity contribution in [3.05, 3.63) is 0 Å². The highest BCUT2D eigenvalue weighted by Crippen LogP contribution is 1.84. The van der Waals surface area contributed by atoms with Gasteiger partial charge in [0.1, 0.15) is 0 Å². The highest BCUT2D eigenvalue weighted by atomic mass is 17.2. The molecule has 1 radical (unpaired) electrons. The summed E-state index contributed by atoms with van der Waals surface area (Å²) in [7, 11) is 0.500. The van der Waals surface area contributed by atoms with Gasteiger partial charge in [-0.05, 0) is 13.8 Å². The smallest absolute Gasteiger partial charge is 0.427 e. The van der Waals surface area contributed by atoms with E-state index in [4.69, 9.17) is 5.02 Å². The predicted molar refractivity (Wildman–Crippen MR) is 25.3 cm³/mol. The Hall–Kier alpha value is -0.0551. The highest BCUT2D eigenvalue weighted by molar-refractivity contribution is 6.15. The van der Waals surface area contributed by atoms with Crippen molar-refractivity contribution in [3.8, 4) is 0 Å². The first-order chi connectivity index (χ1) is 3.27. The maximum Gasteiger partial charge on any atom is 0.521 e. The molecule has 0 bridgehead atoms. The molecule has 0 saturated heterocycles. The Morgan fingerprint density at radius 1 is 1.57 bits per heavy atom. The molecule has 0 aliphatic heterocycles. The van der Waals surface area contributed by atoms with Gasteiger partial charge in [0.2, 0.25) is 0 Å². The van der Waals surface area contributed by atoms with Gasteiger partial charge < -0.3 is 5.02 Å². The van der Waals surface area contributed by atoms with E-state index < -0.39 is 0 Å². The van der Waals surface area contributed by atoms with Gasteiger partial charge >= 0.3 is 7.69 Å². The van der Waals surface area contributed by atoms with E-state index in [-0.39, 0.29) is 6.10 Å². The van der Waals surface area contributed by atoms with Gasteiger partial charge in [-0.1, -0.05) is 0 Å². The minimum Gasteiger partial charge on any atom is -0.427 e. The molecule has 0 atom stereocenters. The van der Waals surface area contributed by atoms with Crippen molar-refractivity contribution in [2.45, 2.75) is 20.0 Å². The standard InChI is InChI=1S/C3H8BO3/c1-3(2)6-7-4-5/h3,5H,1-2H3. The van der Waals surface area contributed by atoms with E-state index in [1.54, 1.807) is 13.8 Å². The molecule has 41 valence electrons. The second-order valence-corrected chi connectivity index (χ2v) is 1.35. The minimum atomic E-state index is -0.0107. The maximum absolute atomic E-state index is 7.84. The molecule has 0 rings (SSSR count). The van der Waals surface area contributed by atoms with Crippen molar-refractivity contribution in [1.82, 2.24) is 0 Å². The van der Waals surface area contributed by atoms with Gasteiger partial charge in [0.15, 0.2) is 0 Å². The zero-order chi connectivity index (χ0) is 5.70. The molecule has 0 heterocycles. The molecule has 0 spiro atoms. The van der Waals surface area contributed by atoms with Crippen LogP contribution in [-0.2, 0) is 9.69 Å². The fourth-order valence-corrected chi connectivity index (χ4v) is 0.136. The summed E-state index contributed by atoms with van der Waals surface area (Å²) < 4.78 is 0. The van der Waals surface area contributed by atoms with Gasteiger partial charge in [-0.2, -0.15) is 0 Å². The molecule has 0 aromatic carbocycles. The third-order valence-corrected chi connectivity index (χ3v) is 0.291. The van der Waals surface area contributed by atoms with Crippen LogP contribution in [0.1, 0.15) is 13.8 Å². The Morgan fingerprint density at radius 3 is 2.29 bits per heavy atom. The number of rotatable bonds is 3. The first-order valence-electron chi connectivity index (χ1n) is 2.05.